The smallest absolute Gasteiger partial charge is 0.243 e. The molecular weight excluding hydrogens is 278 g/mol. The van der Waals surface area contributed by atoms with Gasteiger partial charge in [0.2, 0.25) is 10.0 Å². The van der Waals surface area contributed by atoms with Crippen molar-refractivity contribution in [2.75, 3.05) is 19.4 Å². The van der Waals surface area contributed by atoms with E-state index >= 15 is 0 Å². The number of hydrogen-bond donors (Lipinski definition) is 1. The maximum Gasteiger partial charge on any atom is 0.243 e. The Morgan fingerprint density at radius 2 is 2.10 bits per heavy atom. The zero-order valence-electron chi connectivity index (χ0n) is 11.8. The summed E-state index contributed by atoms with van der Waals surface area (Å²) in [6.07, 6.45) is 0.142. The zero-order chi connectivity index (χ0) is 15.3. The number of nitriles is 1. The molecule has 6 nitrogen and oxygen atoms in total. The predicted octanol–water partition coefficient (Wildman–Crippen LogP) is 1.59. The minimum Gasteiger partial charge on any atom is -0.495 e. The molecule has 0 radical (unpaired) electrons. The number of ether oxygens (including phenoxy) is 1. The largest absolute Gasteiger partial charge is 0.495 e. The molecule has 0 saturated heterocycles. The molecule has 0 unspecified atom stereocenters. The zero-order valence-corrected chi connectivity index (χ0v) is 12.6. The van der Waals surface area contributed by atoms with Gasteiger partial charge in [-0.15, -0.1) is 0 Å². The fraction of sp³-hybridized carbons (Fsp3) is 0.462. The van der Waals surface area contributed by atoms with Gasteiger partial charge in [-0.25, -0.2) is 8.42 Å². The van der Waals surface area contributed by atoms with Gasteiger partial charge in [-0.1, -0.05) is 0 Å². The highest BCUT2D eigenvalue weighted by Gasteiger charge is 2.27. The number of anilines is 1. The van der Waals surface area contributed by atoms with Crippen LogP contribution in [0.4, 0.5) is 5.69 Å². The summed E-state index contributed by atoms with van der Waals surface area (Å²) in [6, 6.07) is 6.06. The van der Waals surface area contributed by atoms with Gasteiger partial charge in [-0.05, 0) is 32.0 Å². The average molecular weight is 297 g/mol. The quantitative estimate of drug-likeness (QED) is 0.804. The van der Waals surface area contributed by atoms with E-state index < -0.39 is 10.0 Å². The Hall–Kier alpha value is -1.78. The molecule has 2 N–H and O–H groups in total. The minimum absolute atomic E-state index is 0.0995. The normalized spacial score (nSPS) is 11.6. The maximum atomic E-state index is 12.6. The molecule has 0 spiro atoms. The molecular formula is C13H19N3O3S. The van der Waals surface area contributed by atoms with E-state index in [0.29, 0.717) is 5.75 Å². The van der Waals surface area contributed by atoms with Gasteiger partial charge < -0.3 is 10.5 Å². The van der Waals surface area contributed by atoms with Crippen LogP contribution in [0.2, 0.25) is 0 Å². The van der Waals surface area contributed by atoms with Crippen LogP contribution in [0.1, 0.15) is 20.3 Å². The summed E-state index contributed by atoms with van der Waals surface area (Å²) in [4.78, 5) is 0.0995. The Morgan fingerprint density at radius 3 is 2.55 bits per heavy atom. The highest BCUT2D eigenvalue weighted by molar-refractivity contribution is 7.89. The molecule has 0 aliphatic carbocycles. The molecule has 0 heterocycles. The van der Waals surface area contributed by atoms with Crippen LogP contribution >= 0.6 is 0 Å². The third kappa shape index (κ3) is 3.40. The first-order valence-electron chi connectivity index (χ1n) is 6.17. The standard InChI is InChI=1S/C13H19N3O3S/c1-10(2)16(8-4-7-14)20(17,18)11-5-6-13(19-3)12(15)9-11/h5-6,9-10H,4,8,15H2,1-3H3. The molecule has 0 aromatic heterocycles. The second kappa shape index (κ2) is 6.59. The molecule has 0 saturated carbocycles. The van der Waals surface area contributed by atoms with Crippen molar-refractivity contribution in [3.05, 3.63) is 18.2 Å². The van der Waals surface area contributed by atoms with Crippen LogP contribution in [0.5, 0.6) is 5.75 Å². The Bertz CT molecular complexity index is 606. The SMILES string of the molecule is COc1ccc(S(=O)(=O)N(CCC#N)C(C)C)cc1N. The van der Waals surface area contributed by atoms with Crippen molar-refractivity contribution in [2.45, 2.75) is 31.2 Å². The van der Waals surface area contributed by atoms with Gasteiger partial charge in [0.1, 0.15) is 5.75 Å². The molecule has 110 valence electrons. The van der Waals surface area contributed by atoms with E-state index in [1.165, 1.54) is 29.6 Å². The first kappa shape index (κ1) is 16.3. The van der Waals surface area contributed by atoms with E-state index in [9.17, 15) is 8.42 Å². The van der Waals surface area contributed by atoms with Crippen LogP contribution < -0.4 is 10.5 Å². The molecule has 0 atom stereocenters. The maximum absolute atomic E-state index is 12.6. The van der Waals surface area contributed by atoms with Crippen molar-refractivity contribution in [2.24, 2.45) is 0 Å². The number of nitrogen functional groups attached to an aromatic ring is 1. The number of hydrogen-bond acceptors (Lipinski definition) is 5. The molecule has 0 fully saturated rings. The predicted molar refractivity (Wildman–Crippen MR) is 76.7 cm³/mol. The first-order chi connectivity index (χ1) is 9.34. The van der Waals surface area contributed by atoms with Gasteiger partial charge in [0.25, 0.3) is 0 Å². The number of nitrogens with two attached hydrogens (primary N) is 1. The lowest BCUT2D eigenvalue weighted by Gasteiger charge is -2.25. The van der Waals surface area contributed by atoms with E-state index in [1.807, 2.05) is 6.07 Å². The highest BCUT2D eigenvalue weighted by Crippen LogP contribution is 2.27. The van der Waals surface area contributed by atoms with Gasteiger partial charge in [-0.2, -0.15) is 9.57 Å². The summed E-state index contributed by atoms with van der Waals surface area (Å²) in [6.45, 7) is 3.69. The number of benzene rings is 1. The van der Waals surface area contributed by atoms with Crippen molar-refractivity contribution in [3.8, 4) is 11.8 Å². The number of nitrogens with zero attached hydrogens (tertiary/aromatic N) is 2. The Kier molecular flexibility index (Phi) is 5.36. The van der Waals surface area contributed by atoms with Gasteiger partial charge in [-0.3, -0.25) is 0 Å². The summed E-state index contributed by atoms with van der Waals surface area (Å²) in [5.74, 6) is 0.428. The molecule has 1 aromatic carbocycles. The summed E-state index contributed by atoms with van der Waals surface area (Å²) in [5, 5.41) is 8.64. The summed E-state index contributed by atoms with van der Waals surface area (Å²) in [7, 11) is -2.21. The number of sulfonamides is 1. The Balaban J connectivity index is 3.20. The lowest BCUT2D eigenvalue weighted by Crippen LogP contribution is -2.37. The third-order valence-electron chi connectivity index (χ3n) is 2.83. The molecule has 1 aromatic rings. The summed E-state index contributed by atoms with van der Waals surface area (Å²) < 4.78 is 31.4. The van der Waals surface area contributed by atoms with Crippen molar-refractivity contribution in [1.29, 1.82) is 5.26 Å². The van der Waals surface area contributed by atoms with Crippen LogP contribution in [-0.4, -0.2) is 32.4 Å². The van der Waals surface area contributed by atoms with Crippen LogP contribution in [0.25, 0.3) is 0 Å². The van der Waals surface area contributed by atoms with Crippen molar-refractivity contribution in [1.82, 2.24) is 4.31 Å². The van der Waals surface area contributed by atoms with Crippen LogP contribution in [0.3, 0.4) is 0 Å². The van der Waals surface area contributed by atoms with Crippen LogP contribution in [-0.2, 0) is 10.0 Å². The fourth-order valence-electron chi connectivity index (χ4n) is 1.82. The second-order valence-corrected chi connectivity index (χ2v) is 6.41. The minimum atomic E-state index is -3.67. The van der Waals surface area contributed by atoms with Crippen LogP contribution in [0, 0.1) is 11.3 Å². The van der Waals surface area contributed by atoms with Crippen LogP contribution in [0.15, 0.2) is 23.1 Å². The van der Waals surface area contributed by atoms with Gasteiger partial charge in [0.15, 0.2) is 0 Å². The van der Waals surface area contributed by atoms with Gasteiger partial charge in [0.05, 0.1) is 23.8 Å². The van der Waals surface area contributed by atoms with Crippen molar-refractivity contribution < 1.29 is 13.2 Å². The highest BCUT2D eigenvalue weighted by atomic mass is 32.2. The molecule has 20 heavy (non-hydrogen) atoms. The molecule has 7 heteroatoms. The molecule has 1 rings (SSSR count). The molecule has 0 aliphatic rings. The molecule has 0 bridgehead atoms. The summed E-state index contributed by atoms with van der Waals surface area (Å²) in [5.41, 5.74) is 6.01. The van der Waals surface area contributed by atoms with E-state index in [2.05, 4.69) is 0 Å². The Morgan fingerprint density at radius 1 is 1.45 bits per heavy atom. The monoisotopic (exact) mass is 297 g/mol. The first-order valence-corrected chi connectivity index (χ1v) is 7.61. The second-order valence-electron chi connectivity index (χ2n) is 4.52. The topological polar surface area (TPSA) is 96.4 Å². The number of rotatable bonds is 6. The Labute approximate surface area is 119 Å². The molecule has 0 amide bonds. The van der Waals surface area contributed by atoms with E-state index in [-0.39, 0.29) is 29.6 Å². The van der Waals surface area contributed by atoms with Crippen molar-refractivity contribution >= 4 is 15.7 Å². The van der Waals surface area contributed by atoms with E-state index in [4.69, 9.17) is 15.7 Å². The third-order valence-corrected chi connectivity index (χ3v) is 4.90. The lowest BCUT2D eigenvalue weighted by molar-refractivity contribution is 0.360. The average Bonchev–Trinajstić information content (AvgIpc) is 2.38. The lowest BCUT2D eigenvalue weighted by atomic mass is 10.3. The van der Waals surface area contributed by atoms with E-state index in [0.717, 1.165) is 0 Å². The summed E-state index contributed by atoms with van der Waals surface area (Å²) >= 11 is 0. The van der Waals surface area contributed by atoms with Gasteiger partial charge in [0, 0.05) is 19.0 Å². The van der Waals surface area contributed by atoms with E-state index in [1.54, 1.807) is 13.8 Å². The van der Waals surface area contributed by atoms with Gasteiger partial charge >= 0.3 is 0 Å². The number of methoxy groups -OCH3 is 1. The van der Waals surface area contributed by atoms with Crippen molar-refractivity contribution in [3.63, 3.8) is 0 Å². The molecule has 0 aliphatic heterocycles. The fourth-order valence-corrected chi connectivity index (χ4v) is 3.50.